The molecule has 0 saturated carbocycles. The Morgan fingerprint density at radius 2 is 2.19 bits per heavy atom. The van der Waals surface area contributed by atoms with Crippen molar-refractivity contribution in [3.05, 3.63) is 35.4 Å². The van der Waals surface area contributed by atoms with Crippen molar-refractivity contribution in [3.8, 4) is 11.8 Å². The van der Waals surface area contributed by atoms with Gasteiger partial charge in [-0.25, -0.2) is 0 Å². The number of aliphatic hydroxyl groups excluding tert-OH is 1. The van der Waals surface area contributed by atoms with E-state index in [1.54, 1.807) is 29.2 Å². The molecule has 1 aliphatic heterocycles. The van der Waals surface area contributed by atoms with Gasteiger partial charge in [0.15, 0.2) is 0 Å². The first-order chi connectivity index (χ1) is 10.1. The largest absolute Gasteiger partial charge is 0.384 e. The van der Waals surface area contributed by atoms with E-state index in [1.165, 1.54) is 0 Å². The van der Waals surface area contributed by atoms with Gasteiger partial charge in [-0.05, 0) is 37.5 Å². The maximum atomic E-state index is 12.6. The molecule has 1 atom stereocenters. The van der Waals surface area contributed by atoms with E-state index in [2.05, 4.69) is 11.8 Å². The number of rotatable bonds is 2. The van der Waals surface area contributed by atoms with Crippen LogP contribution in [0, 0.1) is 11.8 Å². The van der Waals surface area contributed by atoms with Gasteiger partial charge in [-0.15, -0.1) is 0 Å². The van der Waals surface area contributed by atoms with Crippen molar-refractivity contribution in [2.45, 2.75) is 25.3 Å². The van der Waals surface area contributed by atoms with Crippen LogP contribution in [-0.2, 0) is 4.79 Å². The molecule has 1 saturated heterocycles. The molecule has 0 bridgehead atoms. The summed E-state index contributed by atoms with van der Waals surface area (Å²) in [5.74, 6) is 4.65. The van der Waals surface area contributed by atoms with Crippen molar-refractivity contribution in [3.63, 3.8) is 0 Å². The molecule has 0 radical (unpaired) electrons. The summed E-state index contributed by atoms with van der Waals surface area (Å²) in [5.41, 5.74) is 6.52. The normalized spacial score (nSPS) is 17.8. The highest BCUT2D eigenvalue weighted by Crippen LogP contribution is 2.20. The molecule has 0 aliphatic carbocycles. The van der Waals surface area contributed by atoms with Gasteiger partial charge in [-0.3, -0.25) is 9.59 Å². The van der Waals surface area contributed by atoms with E-state index in [9.17, 15) is 9.59 Å². The quantitative estimate of drug-likeness (QED) is 0.777. The van der Waals surface area contributed by atoms with Crippen LogP contribution in [0.2, 0.25) is 0 Å². The average molecular weight is 286 g/mol. The number of hydrogen-bond donors (Lipinski definition) is 2. The highest BCUT2D eigenvalue weighted by Gasteiger charge is 2.31. The Hall–Kier alpha value is -2.32. The number of primary amides is 1. The van der Waals surface area contributed by atoms with Crippen molar-refractivity contribution in [1.82, 2.24) is 4.90 Å². The zero-order valence-electron chi connectivity index (χ0n) is 11.7. The second-order valence-corrected chi connectivity index (χ2v) is 4.95. The Morgan fingerprint density at radius 1 is 1.38 bits per heavy atom. The first kappa shape index (κ1) is 15.1. The van der Waals surface area contributed by atoms with Crippen molar-refractivity contribution in [2.75, 3.05) is 13.2 Å². The minimum Gasteiger partial charge on any atom is -0.384 e. The number of likely N-dealkylation sites (tertiary alicyclic amines) is 1. The Bertz CT molecular complexity index is 601. The van der Waals surface area contributed by atoms with E-state index < -0.39 is 11.9 Å². The number of aliphatic hydroxyl groups is 1. The molecule has 0 spiro atoms. The van der Waals surface area contributed by atoms with Gasteiger partial charge in [-0.1, -0.05) is 17.9 Å². The van der Waals surface area contributed by atoms with Crippen LogP contribution in [0.25, 0.3) is 0 Å². The van der Waals surface area contributed by atoms with Crippen molar-refractivity contribution < 1.29 is 14.7 Å². The van der Waals surface area contributed by atoms with Gasteiger partial charge < -0.3 is 15.7 Å². The van der Waals surface area contributed by atoms with Crippen molar-refractivity contribution >= 4 is 11.8 Å². The minimum atomic E-state index is -0.529. The van der Waals surface area contributed by atoms with E-state index in [4.69, 9.17) is 10.8 Å². The molecule has 110 valence electrons. The van der Waals surface area contributed by atoms with E-state index in [-0.39, 0.29) is 12.5 Å². The first-order valence-corrected chi connectivity index (χ1v) is 6.93. The van der Waals surface area contributed by atoms with Gasteiger partial charge in [0.05, 0.1) is 0 Å². The molecule has 3 N–H and O–H groups in total. The fourth-order valence-corrected chi connectivity index (χ4v) is 2.51. The van der Waals surface area contributed by atoms with Crippen LogP contribution < -0.4 is 5.73 Å². The van der Waals surface area contributed by atoms with E-state index in [0.29, 0.717) is 24.1 Å². The van der Waals surface area contributed by atoms with Crippen LogP contribution in [-0.4, -0.2) is 41.0 Å². The molecular formula is C16H18N2O3. The van der Waals surface area contributed by atoms with Gasteiger partial charge in [-0.2, -0.15) is 0 Å². The summed E-state index contributed by atoms with van der Waals surface area (Å²) in [7, 11) is 0. The minimum absolute atomic E-state index is 0.203. The molecule has 2 rings (SSSR count). The summed E-state index contributed by atoms with van der Waals surface area (Å²) in [5, 5.41) is 8.71. The fraction of sp³-hybridized carbons (Fsp3) is 0.375. The molecular weight excluding hydrogens is 268 g/mol. The van der Waals surface area contributed by atoms with E-state index >= 15 is 0 Å². The van der Waals surface area contributed by atoms with Crippen LogP contribution in [0.4, 0.5) is 0 Å². The molecule has 5 heteroatoms. The monoisotopic (exact) mass is 286 g/mol. The maximum Gasteiger partial charge on any atom is 0.254 e. The molecule has 21 heavy (non-hydrogen) atoms. The lowest BCUT2D eigenvalue weighted by Crippen LogP contribution is -2.50. The molecule has 0 aromatic heterocycles. The third-order valence-corrected chi connectivity index (χ3v) is 3.51. The third kappa shape index (κ3) is 3.61. The van der Waals surface area contributed by atoms with Gasteiger partial charge in [0.2, 0.25) is 5.91 Å². The average Bonchev–Trinajstić information content (AvgIpc) is 2.52. The highest BCUT2D eigenvalue weighted by atomic mass is 16.2. The zero-order chi connectivity index (χ0) is 15.2. The maximum absolute atomic E-state index is 12.6. The topological polar surface area (TPSA) is 83.6 Å². The second-order valence-electron chi connectivity index (χ2n) is 4.95. The first-order valence-electron chi connectivity index (χ1n) is 6.93. The number of nitrogens with zero attached hydrogens (tertiary/aromatic N) is 1. The lowest BCUT2D eigenvalue weighted by molar-refractivity contribution is -0.123. The predicted molar refractivity (Wildman–Crippen MR) is 78.3 cm³/mol. The van der Waals surface area contributed by atoms with Gasteiger partial charge >= 0.3 is 0 Å². The number of benzene rings is 1. The van der Waals surface area contributed by atoms with Crippen LogP contribution in [0.1, 0.15) is 35.2 Å². The molecule has 1 fully saturated rings. The number of piperidine rings is 1. The Labute approximate surface area is 123 Å². The zero-order valence-corrected chi connectivity index (χ0v) is 11.7. The Kier molecular flexibility index (Phi) is 4.96. The van der Waals surface area contributed by atoms with Crippen molar-refractivity contribution in [2.24, 2.45) is 5.73 Å². The Balaban J connectivity index is 2.24. The lowest BCUT2D eigenvalue weighted by atomic mass is 10.00. The Morgan fingerprint density at radius 3 is 2.90 bits per heavy atom. The second kappa shape index (κ2) is 6.91. The molecule has 1 aliphatic rings. The van der Waals surface area contributed by atoms with Crippen LogP contribution in [0.5, 0.6) is 0 Å². The summed E-state index contributed by atoms with van der Waals surface area (Å²) in [4.78, 5) is 25.6. The lowest BCUT2D eigenvalue weighted by Gasteiger charge is -2.33. The molecule has 5 nitrogen and oxygen atoms in total. The van der Waals surface area contributed by atoms with Gasteiger partial charge in [0.1, 0.15) is 12.6 Å². The summed E-state index contributed by atoms with van der Waals surface area (Å²) >= 11 is 0. The highest BCUT2D eigenvalue weighted by molar-refractivity contribution is 5.97. The number of carbonyl (C=O) groups is 2. The molecule has 1 aromatic rings. The molecule has 2 amide bonds. The summed E-state index contributed by atoms with van der Waals surface area (Å²) < 4.78 is 0. The number of nitrogens with two attached hydrogens (primary N) is 1. The van der Waals surface area contributed by atoms with Gasteiger partial charge in [0.25, 0.3) is 5.91 Å². The van der Waals surface area contributed by atoms with Crippen LogP contribution >= 0.6 is 0 Å². The van der Waals surface area contributed by atoms with Crippen LogP contribution in [0.15, 0.2) is 24.3 Å². The number of hydrogen-bond acceptors (Lipinski definition) is 3. The number of amides is 2. The molecule has 1 aromatic carbocycles. The number of carbonyl (C=O) groups excluding carboxylic acids is 2. The summed E-state index contributed by atoms with van der Waals surface area (Å²) in [6.45, 7) is 0.313. The summed E-state index contributed by atoms with van der Waals surface area (Å²) in [6.07, 6.45) is 2.39. The van der Waals surface area contributed by atoms with Crippen molar-refractivity contribution in [1.29, 1.82) is 0 Å². The smallest absolute Gasteiger partial charge is 0.254 e. The fourth-order valence-electron chi connectivity index (χ4n) is 2.51. The van der Waals surface area contributed by atoms with Gasteiger partial charge in [0, 0.05) is 17.7 Å². The SMILES string of the molecule is NC(=O)C1CCCCN1C(=O)c1cccc(C#CCO)c1. The van der Waals surface area contributed by atoms with E-state index in [0.717, 1.165) is 12.8 Å². The van der Waals surface area contributed by atoms with Crippen LogP contribution in [0.3, 0.4) is 0 Å². The molecule has 1 heterocycles. The molecule has 1 unspecified atom stereocenters. The third-order valence-electron chi connectivity index (χ3n) is 3.51. The standard InChI is InChI=1S/C16H18N2O3/c17-15(20)14-8-1-2-9-18(14)16(21)13-7-3-5-12(11-13)6-4-10-19/h3,5,7,11,14,19H,1-2,8-10H2,(H2,17,20). The summed E-state index contributed by atoms with van der Waals surface area (Å²) in [6, 6.07) is 6.33. The predicted octanol–water partition coefficient (Wildman–Crippen LogP) is 0.510. The van der Waals surface area contributed by atoms with E-state index in [1.807, 2.05) is 0 Å².